The lowest BCUT2D eigenvalue weighted by Crippen LogP contribution is -2.45. The predicted octanol–water partition coefficient (Wildman–Crippen LogP) is 2.90. The monoisotopic (exact) mass is 393 g/mol. The fraction of sp³-hybridized carbons (Fsp3) is 0.565. The minimum atomic E-state index is 0.0410. The molecule has 2 aliphatic heterocycles. The molecule has 2 aromatic rings. The normalized spacial score (nSPS) is 25.9. The van der Waals surface area contributed by atoms with E-state index in [0.29, 0.717) is 19.1 Å². The van der Waals surface area contributed by atoms with Gasteiger partial charge in [0.2, 0.25) is 0 Å². The number of rotatable bonds is 3. The number of fused-ring (bicyclic) bond motifs is 3. The fourth-order valence-corrected chi connectivity index (χ4v) is 5.42. The van der Waals surface area contributed by atoms with Gasteiger partial charge in [0.05, 0.1) is 5.69 Å². The quantitative estimate of drug-likeness (QED) is 0.869. The van der Waals surface area contributed by atoms with Crippen molar-refractivity contribution in [3.63, 3.8) is 0 Å². The van der Waals surface area contributed by atoms with Crippen molar-refractivity contribution >= 4 is 0 Å². The van der Waals surface area contributed by atoms with Crippen LogP contribution in [-0.2, 0) is 18.4 Å². The Bertz CT molecular complexity index is 1010. The average molecular weight is 393 g/mol. The second-order valence-electron chi connectivity index (χ2n) is 9.13. The molecule has 1 atom stereocenters. The van der Waals surface area contributed by atoms with E-state index in [-0.39, 0.29) is 11.0 Å². The third-order valence-electron chi connectivity index (χ3n) is 7.02. The van der Waals surface area contributed by atoms with Gasteiger partial charge in [-0.15, -0.1) is 0 Å². The van der Waals surface area contributed by atoms with E-state index in [1.807, 2.05) is 6.07 Å². The van der Waals surface area contributed by atoms with Gasteiger partial charge in [-0.2, -0.15) is 0 Å². The minimum absolute atomic E-state index is 0.0410. The second-order valence-corrected chi connectivity index (χ2v) is 9.13. The average Bonchev–Trinajstić information content (AvgIpc) is 3.53. The number of H-pyrrole nitrogens is 1. The molecule has 2 fully saturated rings. The highest BCUT2D eigenvalue weighted by atomic mass is 16.6. The first-order valence-electron chi connectivity index (χ1n) is 10.9. The Balaban J connectivity index is 1.27. The van der Waals surface area contributed by atoms with Gasteiger partial charge in [0.1, 0.15) is 19.0 Å². The van der Waals surface area contributed by atoms with Crippen LogP contribution >= 0.6 is 0 Å². The Morgan fingerprint density at radius 3 is 2.90 bits per heavy atom. The summed E-state index contributed by atoms with van der Waals surface area (Å²) in [6.07, 6.45) is 6.51. The lowest BCUT2D eigenvalue weighted by Gasteiger charge is -2.40. The van der Waals surface area contributed by atoms with Crippen LogP contribution in [0, 0.1) is 0 Å². The van der Waals surface area contributed by atoms with Crippen LogP contribution in [0.4, 0.5) is 0 Å². The molecule has 1 saturated heterocycles. The molecule has 6 heteroatoms. The van der Waals surface area contributed by atoms with E-state index in [1.54, 1.807) is 0 Å². The molecule has 152 valence electrons. The van der Waals surface area contributed by atoms with Crippen molar-refractivity contribution in [1.82, 2.24) is 14.9 Å². The molecule has 29 heavy (non-hydrogen) atoms. The summed E-state index contributed by atoms with van der Waals surface area (Å²) >= 11 is 0. The Labute approximate surface area is 170 Å². The molecule has 3 heterocycles. The Morgan fingerprint density at radius 1 is 1.17 bits per heavy atom. The highest BCUT2D eigenvalue weighted by molar-refractivity contribution is 5.44. The molecule has 6 rings (SSSR count). The summed E-state index contributed by atoms with van der Waals surface area (Å²) in [5.41, 5.74) is 3.45. The fourth-order valence-electron chi connectivity index (χ4n) is 5.42. The molecule has 0 bridgehead atoms. The molecule has 2 aliphatic carbocycles. The number of hydrogen-bond donors (Lipinski definition) is 1. The minimum Gasteiger partial charge on any atom is -0.486 e. The molecular formula is C23H27N3O3. The number of benzene rings is 1. The summed E-state index contributed by atoms with van der Waals surface area (Å²) in [7, 11) is 0. The third-order valence-corrected chi connectivity index (χ3v) is 7.02. The number of ether oxygens (including phenoxy) is 2. The van der Waals surface area contributed by atoms with Gasteiger partial charge >= 0.3 is 0 Å². The van der Waals surface area contributed by atoms with Crippen molar-refractivity contribution in [1.29, 1.82) is 0 Å². The van der Waals surface area contributed by atoms with Crippen LogP contribution in [0.25, 0.3) is 0 Å². The van der Waals surface area contributed by atoms with E-state index in [2.05, 4.69) is 22.0 Å². The van der Waals surface area contributed by atoms with Crippen LogP contribution in [0.2, 0.25) is 0 Å². The molecule has 1 aromatic heterocycles. The van der Waals surface area contributed by atoms with E-state index in [0.717, 1.165) is 86.7 Å². The van der Waals surface area contributed by atoms with E-state index in [9.17, 15) is 4.79 Å². The van der Waals surface area contributed by atoms with Crippen LogP contribution in [0.5, 0.6) is 11.5 Å². The van der Waals surface area contributed by atoms with Crippen LogP contribution in [-0.4, -0.2) is 41.2 Å². The molecule has 1 N–H and O–H groups in total. The SMILES string of the molecule is O=c1[nH]c(C2CC2)nc2c1CCC21CCCN(Cc2ccc3c(c2)OCCO3)C1. The van der Waals surface area contributed by atoms with Gasteiger partial charge in [-0.3, -0.25) is 9.69 Å². The first kappa shape index (κ1) is 17.5. The van der Waals surface area contributed by atoms with Crippen LogP contribution < -0.4 is 15.0 Å². The Hall–Kier alpha value is -2.34. The molecule has 4 aliphatic rings. The van der Waals surface area contributed by atoms with Crippen LogP contribution in [0.3, 0.4) is 0 Å². The first-order valence-corrected chi connectivity index (χ1v) is 10.9. The van der Waals surface area contributed by atoms with Crippen molar-refractivity contribution in [2.24, 2.45) is 0 Å². The van der Waals surface area contributed by atoms with Gasteiger partial charge in [0.25, 0.3) is 5.56 Å². The highest BCUT2D eigenvalue weighted by Crippen LogP contribution is 2.45. The first-order chi connectivity index (χ1) is 14.2. The molecule has 1 spiro atoms. The molecule has 1 unspecified atom stereocenters. The largest absolute Gasteiger partial charge is 0.486 e. The molecule has 1 saturated carbocycles. The standard InChI is InChI=1S/C23H27N3O3/c27-22-17-6-8-23(20(17)24-21(25-22)16-3-4-16)7-1-9-26(14-23)13-15-2-5-18-19(12-15)29-11-10-28-18/h2,5,12,16H,1,3-4,6-11,13-14H2,(H,24,25,27). The topological polar surface area (TPSA) is 67.5 Å². The number of nitrogens with zero attached hydrogens (tertiary/aromatic N) is 2. The van der Waals surface area contributed by atoms with Crippen molar-refractivity contribution in [3.05, 3.63) is 51.2 Å². The van der Waals surface area contributed by atoms with Gasteiger partial charge in [0.15, 0.2) is 11.5 Å². The summed E-state index contributed by atoms with van der Waals surface area (Å²) in [5, 5.41) is 0. The van der Waals surface area contributed by atoms with Crippen LogP contribution in [0.15, 0.2) is 23.0 Å². The maximum Gasteiger partial charge on any atom is 0.254 e. The number of likely N-dealkylation sites (tertiary alicyclic amines) is 1. The Morgan fingerprint density at radius 2 is 2.03 bits per heavy atom. The van der Waals surface area contributed by atoms with Crippen molar-refractivity contribution in [2.75, 3.05) is 26.3 Å². The zero-order valence-corrected chi connectivity index (χ0v) is 16.7. The van der Waals surface area contributed by atoms with Gasteiger partial charge < -0.3 is 14.5 Å². The van der Waals surface area contributed by atoms with Crippen LogP contribution in [0.1, 0.15) is 60.7 Å². The summed E-state index contributed by atoms with van der Waals surface area (Å²) in [4.78, 5) is 23.3. The number of hydrogen-bond acceptors (Lipinski definition) is 5. The molecule has 1 aromatic carbocycles. The van der Waals surface area contributed by atoms with E-state index >= 15 is 0 Å². The van der Waals surface area contributed by atoms with Crippen molar-refractivity contribution in [3.8, 4) is 11.5 Å². The molecule has 0 amide bonds. The van der Waals surface area contributed by atoms with Gasteiger partial charge in [0, 0.05) is 30.0 Å². The number of piperidine rings is 1. The second kappa shape index (κ2) is 6.59. The molecule has 6 nitrogen and oxygen atoms in total. The van der Waals surface area contributed by atoms with Gasteiger partial charge in [-0.1, -0.05) is 6.07 Å². The third kappa shape index (κ3) is 3.05. The Kier molecular flexibility index (Phi) is 3.98. The predicted molar refractivity (Wildman–Crippen MR) is 109 cm³/mol. The van der Waals surface area contributed by atoms with E-state index in [1.165, 1.54) is 5.56 Å². The zero-order valence-electron chi connectivity index (χ0n) is 16.7. The van der Waals surface area contributed by atoms with E-state index < -0.39 is 0 Å². The maximum atomic E-state index is 12.7. The summed E-state index contributed by atoms with van der Waals surface area (Å²) in [6, 6.07) is 6.29. The molecule has 0 radical (unpaired) electrons. The summed E-state index contributed by atoms with van der Waals surface area (Å²) in [5.74, 6) is 3.10. The number of aromatic amines is 1. The van der Waals surface area contributed by atoms with Crippen molar-refractivity contribution < 1.29 is 9.47 Å². The summed E-state index contributed by atoms with van der Waals surface area (Å²) < 4.78 is 11.4. The van der Waals surface area contributed by atoms with Gasteiger partial charge in [-0.25, -0.2) is 4.98 Å². The highest BCUT2D eigenvalue weighted by Gasteiger charge is 2.45. The smallest absolute Gasteiger partial charge is 0.254 e. The summed E-state index contributed by atoms with van der Waals surface area (Å²) in [6.45, 7) is 4.20. The van der Waals surface area contributed by atoms with E-state index in [4.69, 9.17) is 14.5 Å². The number of nitrogens with one attached hydrogen (secondary N) is 1. The van der Waals surface area contributed by atoms with Gasteiger partial charge in [-0.05, 0) is 62.8 Å². The number of aromatic nitrogens is 2. The molecular weight excluding hydrogens is 366 g/mol. The van der Waals surface area contributed by atoms with Crippen molar-refractivity contribution in [2.45, 2.75) is 56.4 Å². The maximum absolute atomic E-state index is 12.7. The lowest BCUT2D eigenvalue weighted by molar-refractivity contribution is 0.136. The zero-order chi connectivity index (χ0) is 19.4. The lowest BCUT2D eigenvalue weighted by atomic mass is 9.77.